The highest BCUT2D eigenvalue weighted by molar-refractivity contribution is 7.12. The van der Waals surface area contributed by atoms with Crippen LogP contribution in [0.1, 0.15) is 26.4 Å². The summed E-state index contributed by atoms with van der Waals surface area (Å²) < 4.78 is 0. The third kappa shape index (κ3) is 3.89. The van der Waals surface area contributed by atoms with Crippen molar-refractivity contribution in [3.63, 3.8) is 0 Å². The second-order valence-corrected chi connectivity index (χ2v) is 5.65. The molecule has 1 aromatic carbocycles. The largest absolute Gasteiger partial charge is 0.298 e. The van der Waals surface area contributed by atoms with Gasteiger partial charge in [0.05, 0.1) is 16.5 Å². The Morgan fingerprint density at radius 3 is 2.95 bits per heavy atom. The van der Waals surface area contributed by atoms with Crippen LogP contribution in [0.5, 0.6) is 0 Å². The molecule has 1 heterocycles. The normalized spacial score (nSPS) is 10.4. The number of hydrogen-bond acceptors (Lipinski definition) is 5. The zero-order chi connectivity index (χ0) is 15.2. The molecule has 2 rings (SSSR count). The lowest BCUT2D eigenvalue weighted by Gasteiger charge is -2.17. The van der Waals surface area contributed by atoms with E-state index < -0.39 is 0 Å². The first-order chi connectivity index (χ1) is 10.1. The number of nitrogens with zero attached hydrogens (tertiary/aromatic N) is 2. The number of hydrazine groups is 1. The van der Waals surface area contributed by atoms with E-state index in [-0.39, 0.29) is 5.91 Å². The third-order valence-corrected chi connectivity index (χ3v) is 3.99. The molecule has 0 unspecified atom stereocenters. The topological polar surface area (TPSA) is 82.2 Å². The summed E-state index contributed by atoms with van der Waals surface area (Å²) in [6.07, 6.45) is 0. The maximum atomic E-state index is 11.6. The highest BCUT2D eigenvalue weighted by atomic mass is 32.1. The summed E-state index contributed by atoms with van der Waals surface area (Å²) in [5.41, 5.74) is 4.83. The van der Waals surface area contributed by atoms with Crippen LogP contribution < -0.4 is 11.3 Å². The van der Waals surface area contributed by atoms with Crippen LogP contribution in [-0.2, 0) is 13.1 Å². The smallest absolute Gasteiger partial charge is 0.275 e. The fourth-order valence-electron chi connectivity index (χ4n) is 2.12. The third-order valence-electron chi connectivity index (χ3n) is 3.03. The standard InChI is InChI=1S/C15H16N4OS/c1-19(9-12-4-2-3-11(7-12)8-16)10-13-5-6-21-14(13)15(20)18-17/h2-7H,9-10,17H2,1H3,(H,18,20). The minimum absolute atomic E-state index is 0.264. The van der Waals surface area contributed by atoms with Gasteiger partial charge < -0.3 is 0 Å². The van der Waals surface area contributed by atoms with Crippen molar-refractivity contribution in [3.8, 4) is 6.07 Å². The minimum atomic E-state index is -0.264. The van der Waals surface area contributed by atoms with Crippen molar-refractivity contribution in [3.05, 3.63) is 57.3 Å². The van der Waals surface area contributed by atoms with Gasteiger partial charge in [-0.05, 0) is 41.8 Å². The lowest BCUT2D eigenvalue weighted by Crippen LogP contribution is -2.30. The fourth-order valence-corrected chi connectivity index (χ4v) is 2.94. The fraction of sp³-hybridized carbons (Fsp3) is 0.200. The Kier molecular flexibility index (Phi) is 5.06. The Balaban J connectivity index is 2.05. The van der Waals surface area contributed by atoms with Crippen LogP contribution in [0.3, 0.4) is 0 Å². The van der Waals surface area contributed by atoms with E-state index in [0.29, 0.717) is 23.5 Å². The van der Waals surface area contributed by atoms with Crippen LogP contribution in [0.4, 0.5) is 0 Å². The van der Waals surface area contributed by atoms with E-state index in [1.807, 2.05) is 36.7 Å². The molecule has 0 bridgehead atoms. The molecule has 21 heavy (non-hydrogen) atoms. The van der Waals surface area contributed by atoms with Gasteiger partial charge in [0.25, 0.3) is 5.91 Å². The Morgan fingerprint density at radius 2 is 2.24 bits per heavy atom. The average Bonchev–Trinajstić information content (AvgIpc) is 2.94. The first-order valence-corrected chi connectivity index (χ1v) is 7.27. The Hall–Kier alpha value is -2.20. The maximum absolute atomic E-state index is 11.6. The highest BCUT2D eigenvalue weighted by Gasteiger charge is 2.13. The summed E-state index contributed by atoms with van der Waals surface area (Å²) in [5.74, 6) is 4.92. The van der Waals surface area contributed by atoms with E-state index >= 15 is 0 Å². The van der Waals surface area contributed by atoms with Crippen molar-refractivity contribution in [1.29, 1.82) is 5.26 Å². The molecule has 0 saturated heterocycles. The molecule has 0 aliphatic heterocycles. The monoisotopic (exact) mass is 300 g/mol. The number of hydrogen-bond donors (Lipinski definition) is 2. The Labute approximate surface area is 127 Å². The van der Waals surface area contributed by atoms with E-state index in [1.165, 1.54) is 11.3 Å². The van der Waals surface area contributed by atoms with E-state index in [0.717, 1.165) is 11.1 Å². The highest BCUT2D eigenvalue weighted by Crippen LogP contribution is 2.19. The van der Waals surface area contributed by atoms with E-state index in [2.05, 4.69) is 16.4 Å². The molecule has 1 amide bonds. The Morgan fingerprint density at radius 1 is 1.43 bits per heavy atom. The van der Waals surface area contributed by atoms with Crippen LogP contribution in [0, 0.1) is 11.3 Å². The zero-order valence-corrected chi connectivity index (χ0v) is 12.5. The summed E-state index contributed by atoms with van der Waals surface area (Å²) in [6.45, 7) is 1.35. The summed E-state index contributed by atoms with van der Waals surface area (Å²) in [5, 5.41) is 10.8. The maximum Gasteiger partial charge on any atom is 0.275 e. The lowest BCUT2D eigenvalue weighted by atomic mass is 10.1. The van der Waals surface area contributed by atoms with Gasteiger partial charge in [0.15, 0.2) is 0 Å². The predicted molar refractivity (Wildman–Crippen MR) is 82.3 cm³/mol. The molecular weight excluding hydrogens is 284 g/mol. The van der Waals surface area contributed by atoms with Gasteiger partial charge in [0.2, 0.25) is 0 Å². The molecule has 108 valence electrons. The molecule has 5 nitrogen and oxygen atoms in total. The number of nitrogens with two attached hydrogens (primary N) is 1. The molecule has 3 N–H and O–H groups in total. The number of nitrogens with one attached hydrogen (secondary N) is 1. The number of rotatable bonds is 5. The van der Waals surface area contributed by atoms with Crippen molar-refractivity contribution < 1.29 is 4.79 Å². The van der Waals surface area contributed by atoms with Crippen LogP contribution in [0.25, 0.3) is 0 Å². The van der Waals surface area contributed by atoms with Crippen LogP contribution >= 0.6 is 11.3 Å². The summed E-state index contributed by atoms with van der Waals surface area (Å²) in [4.78, 5) is 14.4. The van der Waals surface area contributed by atoms with Gasteiger partial charge in [-0.2, -0.15) is 5.26 Å². The summed E-state index contributed by atoms with van der Waals surface area (Å²) in [7, 11) is 1.97. The average molecular weight is 300 g/mol. The molecule has 1 aromatic heterocycles. The van der Waals surface area contributed by atoms with Crippen LogP contribution in [-0.4, -0.2) is 17.9 Å². The van der Waals surface area contributed by atoms with Crippen molar-refractivity contribution in [2.45, 2.75) is 13.1 Å². The molecule has 0 saturated carbocycles. The van der Waals surface area contributed by atoms with Crippen molar-refractivity contribution in [2.24, 2.45) is 5.84 Å². The molecule has 2 aromatic rings. The van der Waals surface area contributed by atoms with Gasteiger partial charge >= 0.3 is 0 Å². The predicted octanol–water partition coefficient (Wildman–Crippen LogP) is 1.86. The van der Waals surface area contributed by atoms with E-state index in [9.17, 15) is 4.79 Å². The first kappa shape index (κ1) is 15.2. The number of nitrogen functional groups attached to an aromatic ring is 1. The molecule has 0 radical (unpaired) electrons. The summed E-state index contributed by atoms with van der Waals surface area (Å²) in [6, 6.07) is 11.6. The zero-order valence-electron chi connectivity index (χ0n) is 11.7. The lowest BCUT2D eigenvalue weighted by molar-refractivity contribution is 0.0956. The molecule has 0 fully saturated rings. The van der Waals surface area contributed by atoms with Crippen LogP contribution in [0.15, 0.2) is 35.7 Å². The second kappa shape index (κ2) is 6.99. The van der Waals surface area contributed by atoms with Crippen molar-refractivity contribution in [1.82, 2.24) is 10.3 Å². The van der Waals surface area contributed by atoms with Gasteiger partial charge in [-0.25, -0.2) is 5.84 Å². The molecule has 0 aliphatic carbocycles. The van der Waals surface area contributed by atoms with Gasteiger partial charge in [-0.3, -0.25) is 15.1 Å². The number of carbonyl (C=O) groups is 1. The van der Waals surface area contributed by atoms with E-state index in [4.69, 9.17) is 11.1 Å². The number of amides is 1. The van der Waals surface area contributed by atoms with Crippen LogP contribution in [0.2, 0.25) is 0 Å². The van der Waals surface area contributed by atoms with Crippen molar-refractivity contribution in [2.75, 3.05) is 7.05 Å². The van der Waals surface area contributed by atoms with Gasteiger partial charge in [-0.1, -0.05) is 12.1 Å². The molecule has 6 heteroatoms. The molecule has 0 spiro atoms. The SMILES string of the molecule is CN(Cc1cccc(C#N)c1)Cc1ccsc1C(=O)NN. The van der Waals surface area contributed by atoms with Gasteiger partial charge in [0.1, 0.15) is 0 Å². The number of thiophene rings is 1. The quantitative estimate of drug-likeness (QED) is 0.501. The molecule has 0 aliphatic rings. The Bertz CT molecular complexity index is 674. The summed E-state index contributed by atoms with van der Waals surface area (Å²) >= 11 is 1.37. The second-order valence-electron chi connectivity index (χ2n) is 4.73. The number of nitriles is 1. The van der Waals surface area contributed by atoms with E-state index in [1.54, 1.807) is 6.07 Å². The molecular formula is C15H16N4OS. The van der Waals surface area contributed by atoms with Gasteiger partial charge in [-0.15, -0.1) is 11.3 Å². The van der Waals surface area contributed by atoms with Crippen molar-refractivity contribution >= 4 is 17.2 Å². The van der Waals surface area contributed by atoms with Gasteiger partial charge in [0, 0.05) is 13.1 Å². The first-order valence-electron chi connectivity index (χ1n) is 6.39. The number of carbonyl (C=O) groups excluding carboxylic acids is 1. The molecule has 0 atom stereocenters. The number of benzene rings is 1. The minimum Gasteiger partial charge on any atom is -0.298 e.